The van der Waals surface area contributed by atoms with Gasteiger partial charge in [-0.1, -0.05) is 52.4 Å². The first-order valence-electron chi connectivity index (χ1n) is 14.6. The highest BCUT2D eigenvalue weighted by Crippen LogP contribution is 2.30. The van der Waals surface area contributed by atoms with Crippen LogP contribution in [0.3, 0.4) is 0 Å². The summed E-state index contributed by atoms with van der Waals surface area (Å²) in [5.41, 5.74) is 0.871. The average molecular weight is 549 g/mol. The number of benzene rings is 1. The lowest BCUT2D eigenvalue weighted by Gasteiger charge is -2.42. The molecule has 1 aromatic carbocycles. The molecule has 0 saturated heterocycles. The largest absolute Gasteiger partial charge is 0.335 e. The lowest BCUT2D eigenvalue weighted by molar-refractivity contribution is -0.138. The molecular weight excluding hydrogens is 500 g/mol. The molecule has 9 heteroatoms. The first-order valence-corrected chi connectivity index (χ1v) is 16.5. The lowest BCUT2D eigenvalue weighted by Crippen LogP contribution is -2.53. The monoisotopic (exact) mass is 548 g/mol. The second-order valence-electron chi connectivity index (χ2n) is 10.9. The van der Waals surface area contributed by atoms with Gasteiger partial charge in [0.05, 0.1) is 6.26 Å². The van der Waals surface area contributed by atoms with Gasteiger partial charge in [-0.3, -0.25) is 14.3 Å². The second kappa shape index (κ2) is 14.9. The van der Waals surface area contributed by atoms with Crippen molar-refractivity contribution in [3.8, 4) is 0 Å². The second-order valence-corrected chi connectivity index (χ2v) is 12.7. The maximum atomic E-state index is 14.0. The van der Waals surface area contributed by atoms with Crippen molar-refractivity contribution >= 4 is 27.5 Å². The fraction of sp³-hybridized carbons (Fsp3) is 0.724. The summed E-state index contributed by atoms with van der Waals surface area (Å²) in [7, 11) is -3.40. The van der Waals surface area contributed by atoms with E-state index in [2.05, 4.69) is 28.4 Å². The average Bonchev–Trinajstić information content (AvgIpc) is 2.91. The first kappa shape index (κ1) is 30.4. The third-order valence-corrected chi connectivity index (χ3v) is 8.68. The van der Waals surface area contributed by atoms with Gasteiger partial charge in [0, 0.05) is 29.9 Å². The molecule has 0 radical (unpaired) electrons. The van der Waals surface area contributed by atoms with Crippen molar-refractivity contribution in [2.24, 2.45) is 0 Å². The van der Waals surface area contributed by atoms with Crippen LogP contribution in [0.15, 0.2) is 24.3 Å². The normalized spacial score (nSPS) is 17.4. The van der Waals surface area contributed by atoms with Crippen LogP contribution in [-0.2, 0) is 14.8 Å². The van der Waals surface area contributed by atoms with E-state index in [1.54, 1.807) is 29.2 Å². The lowest BCUT2D eigenvalue weighted by atomic mass is 9.88. The van der Waals surface area contributed by atoms with Gasteiger partial charge in [-0.2, -0.15) is 0 Å². The number of carbonyl (C=O) groups is 2. The van der Waals surface area contributed by atoms with Gasteiger partial charge in [0.25, 0.3) is 5.91 Å². The van der Waals surface area contributed by atoms with Crippen molar-refractivity contribution in [2.45, 2.75) is 96.6 Å². The van der Waals surface area contributed by atoms with Crippen LogP contribution in [0.2, 0.25) is 0 Å². The van der Waals surface area contributed by atoms with Gasteiger partial charge < -0.3 is 14.7 Å². The number of carbonyl (C=O) groups excluding carboxylic acids is 2. The Kier molecular flexibility index (Phi) is 11.9. The molecule has 1 aromatic rings. The molecule has 0 bridgehead atoms. The van der Waals surface area contributed by atoms with Crippen molar-refractivity contribution in [3.05, 3.63) is 29.8 Å². The summed E-state index contributed by atoms with van der Waals surface area (Å²) in [6.07, 6.45) is 13.3. The SMILES string of the molecule is CCN(CC)CCCN(CC(=O)N(C1CCCCC1)C1CCCCC1)C(=O)c1ccc(NS(C)(=O)=O)cc1. The van der Waals surface area contributed by atoms with Crippen LogP contribution in [0.1, 0.15) is 94.8 Å². The molecule has 214 valence electrons. The Morgan fingerprint density at radius 2 is 1.37 bits per heavy atom. The maximum absolute atomic E-state index is 14.0. The number of hydrogen-bond donors (Lipinski definition) is 1. The summed E-state index contributed by atoms with van der Waals surface area (Å²) in [6.45, 7) is 7.64. The van der Waals surface area contributed by atoms with E-state index < -0.39 is 10.0 Å². The van der Waals surface area contributed by atoms with Gasteiger partial charge in [0.2, 0.25) is 15.9 Å². The summed E-state index contributed by atoms with van der Waals surface area (Å²) in [6, 6.07) is 7.04. The minimum Gasteiger partial charge on any atom is -0.335 e. The molecule has 2 fully saturated rings. The van der Waals surface area contributed by atoms with Crippen LogP contribution in [0.5, 0.6) is 0 Å². The fourth-order valence-corrected chi connectivity index (χ4v) is 6.59. The topological polar surface area (TPSA) is 90.0 Å². The summed E-state index contributed by atoms with van der Waals surface area (Å²) in [5, 5.41) is 0. The number of nitrogens with one attached hydrogen (secondary N) is 1. The van der Waals surface area contributed by atoms with Crippen molar-refractivity contribution in [3.63, 3.8) is 0 Å². The van der Waals surface area contributed by atoms with Crippen LogP contribution in [-0.4, -0.2) is 86.0 Å². The number of anilines is 1. The molecule has 0 atom stereocenters. The smallest absolute Gasteiger partial charge is 0.254 e. The van der Waals surface area contributed by atoms with Crippen molar-refractivity contribution in [1.29, 1.82) is 0 Å². The Labute approximate surface area is 230 Å². The van der Waals surface area contributed by atoms with E-state index in [0.717, 1.165) is 58.0 Å². The molecule has 2 aliphatic rings. The van der Waals surface area contributed by atoms with Crippen molar-refractivity contribution in [2.75, 3.05) is 43.7 Å². The van der Waals surface area contributed by atoms with Gasteiger partial charge in [-0.15, -0.1) is 0 Å². The number of sulfonamides is 1. The van der Waals surface area contributed by atoms with Crippen molar-refractivity contribution in [1.82, 2.24) is 14.7 Å². The fourth-order valence-electron chi connectivity index (χ4n) is 6.02. The highest BCUT2D eigenvalue weighted by molar-refractivity contribution is 7.92. The molecule has 2 aliphatic carbocycles. The Morgan fingerprint density at radius 3 is 1.84 bits per heavy atom. The molecule has 8 nitrogen and oxygen atoms in total. The van der Waals surface area contributed by atoms with Crippen LogP contribution < -0.4 is 4.72 Å². The van der Waals surface area contributed by atoms with E-state index in [1.165, 1.54) is 38.5 Å². The number of nitrogens with zero attached hydrogens (tertiary/aromatic N) is 3. The maximum Gasteiger partial charge on any atom is 0.254 e. The van der Waals surface area contributed by atoms with Crippen molar-refractivity contribution < 1.29 is 18.0 Å². The predicted octanol–water partition coefficient (Wildman–Crippen LogP) is 4.73. The highest BCUT2D eigenvalue weighted by Gasteiger charge is 2.34. The van der Waals surface area contributed by atoms with Gasteiger partial charge in [-0.05, 0) is 76.0 Å². The molecule has 1 N–H and O–H groups in total. The highest BCUT2D eigenvalue weighted by atomic mass is 32.2. The van der Waals surface area contributed by atoms with Gasteiger partial charge in [-0.25, -0.2) is 8.42 Å². The molecule has 0 unspecified atom stereocenters. The summed E-state index contributed by atoms with van der Waals surface area (Å²) >= 11 is 0. The Balaban J connectivity index is 1.78. The molecule has 0 heterocycles. The van der Waals surface area contributed by atoms with Gasteiger partial charge in [0.1, 0.15) is 6.54 Å². The number of amides is 2. The molecule has 2 amide bonds. The molecule has 0 aromatic heterocycles. The van der Waals surface area contributed by atoms with E-state index in [4.69, 9.17) is 0 Å². The van der Waals surface area contributed by atoms with Crippen LogP contribution in [0.25, 0.3) is 0 Å². The van der Waals surface area contributed by atoms with Gasteiger partial charge in [0.15, 0.2) is 0 Å². The molecule has 2 saturated carbocycles. The third kappa shape index (κ3) is 9.26. The summed E-state index contributed by atoms with van der Waals surface area (Å²) in [5.74, 6) is -0.105. The number of hydrogen-bond acceptors (Lipinski definition) is 5. The van der Waals surface area contributed by atoms with Crippen LogP contribution >= 0.6 is 0 Å². The Morgan fingerprint density at radius 1 is 0.842 bits per heavy atom. The van der Waals surface area contributed by atoms with Gasteiger partial charge >= 0.3 is 0 Å². The molecule has 0 spiro atoms. The van der Waals surface area contributed by atoms with Crippen LogP contribution in [0.4, 0.5) is 5.69 Å². The summed E-state index contributed by atoms with van der Waals surface area (Å²) in [4.78, 5) is 33.8. The third-order valence-electron chi connectivity index (χ3n) is 8.07. The van der Waals surface area contributed by atoms with E-state index in [9.17, 15) is 18.0 Å². The molecular formula is C29H48N4O4S. The van der Waals surface area contributed by atoms with E-state index in [1.807, 2.05) is 0 Å². The minimum absolute atomic E-state index is 0.0790. The van der Waals surface area contributed by atoms with E-state index in [0.29, 0.717) is 17.8 Å². The number of rotatable bonds is 13. The quantitative estimate of drug-likeness (QED) is 0.385. The molecule has 38 heavy (non-hydrogen) atoms. The summed E-state index contributed by atoms with van der Waals surface area (Å²) < 4.78 is 25.6. The first-order chi connectivity index (χ1) is 18.2. The minimum atomic E-state index is -3.40. The zero-order valence-corrected chi connectivity index (χ0v) is 24.5. The predicted molar refractivity (Wildman–Crippen MR) is 154 cm³/mol. The standard InChI is InChI=1S/C29H48N4O4S/c1-4-31(5-2)21-12-22-32(29(35)24-17-19-25(20-18-24)30-38(3,36)37)23-28(34)33(26-13-8-6-9-14-26)27-15-10-7-11-16-27/h17-20,26-27,30H,4-16,21-23H2,1-3H3. The molecule has 0 aliphatic heterocycles. The van der Waals surface area contributed by atoms with Crippen LogP contribution in [0, 0.1) is 0 Å². The van der Waals surface area contributed by atoms with E-state index in [-0.39, 0.29) is 30.4 Å². The Hall–Kier alpha value is -2.13. The zero-order chi connectivity index (χ0) is 27.5. The van der Waals surface area contributed by atoms with E-state index >= 15 is 0 Å². The molecule has 3 rings (SSSR count). The Bertz CT molecular complexity index is 964. The zero-order valence-electron chi connectivity index (χ0n) is 23.7.